The van der Waals surface area contributed by atoms with Crippen molar-refractivity contribution in [3.05, 3.63) is 11.5 Å². The number of amides is 2. The van der Waals surface area contributed by atoms with E-state index in [2.05, 4.69) is 5.16 Å². The van der Waals surface area contributed by atoms with Gasteiger partial charge >= 0.3 is 6.03 Å². The number of nitrogens with zero attached hydrogens (tertiary/aromatic N) is 3. The first-order chi connectivity index (χ1) is 8.22. The van der Waals surface area contributed by atoms with E-state index in [-0.39, 0.29) is 6.03 Å². The fraction of sp³-hybridized carbons (Fsp3) is 0.667. The maximum absolute atomic E-state index is 12.0. The minimum atomic E-state index is 0.0600. The Morgan fingerprint density at radius 1 is 1.41 bits per heavy atom. The quantitative estimate of drug-likeness (QED) is 0.805. The molecule has 5 nitrogen and oxygen atoms in total. The van der Waals surface area contributed by atoms with Gasteiger partial charge in [-0.25, -0.2) is 4.79 Å². The van der Waals surface area contributed by atoms with Crippen molar-refractivity contribution in [2.24, 2.45) is 0 Å². The third kappa shape index (κ3) is 1.61. The van der Waals surface area contributed by atoms with Gasteiger partial charge in [-0.1, -0.05) is 12.1 Å². The van der Waals surface area contributed by atoms with Gasteiger partial charge in [-0.15, -0.1) is 0 Å². The predicted octanol–water partition coefficient (Wildman–Crippen LogP) is 1.99. The molecule has 1 aliphatic heterocycles. The van der Waals surface area contributed by atoms with Crippen LogP contribution in [0.25, 0.3) is 0 Å². The molecule has 1 saturated carbocycles. The molecule has 92 valence electrons. The zero-order valence-electron chi connectivity index (χ0n) is 10.3. The van der Waals surface area contributed by atoms with E-state index in [9.17, 15) is 4.79 Å². The number of aryl methyl sites for hydroxylation is 1. The highest BCUT2D eigenvalue weighted by Crippen LogP contribution is 2.46. The summed E-state index contributed by atoms with van der Waals surface area (Å²) in [6.45, 7) is 3.56. The van der Waals surface area contributed by atoms with E-state index >= 15 is 0 Å². The van der Waals surface area contributed by atoms with Crippen molar-refractivity contribution in [3.63, 3.8) is 0 Å². The molecule has 0 bridgehead atoms. The lowest BCUT2D eigenvalue weighted by atomic mass is 10.2. The largest absolute Gasteiger partial charge is 0.359 e. The fourth-order valence-electron chi connectivity index (χ4n) is 2.32. The average Bonchev–Trinajstić information content (AvgIpc) is 3.01. The molecule has 5 heteroatoms. The average molecular weight is 235 g/mol. The number of likely N-dealkylation sites (N-methyl/N-ethyl adjacent to an activating group) is 1. The SMILES string of the molecule is CCc1noc(C2CC2)c1N1CCN(C)C1=O. The van der Waals surface area contributed by atoms with Gasteiger partial charge in [-0.05, 0) is 19.3 Å². The summed E-state index contributed by atoms with van der Waals surface area (Å²) < 4.78 is 5.44. The van der Waals surface area contributed by atoms with Gasteiger partial charge in [-0.3, -0.25) is 4.90 Å². The van der Waals surface area contributed by atoms with Crippen LogP contribution in [0.5, 0.6) is 0 Å². The molecule has 0 radical (unpaired) electrons. The van der Waals surface area contributed by atoms with Crippen molar-refractivity contribution in [1.29, 1.82) is 0 Å². The van der Waals surface area contributed by atoms with E-state index in [1.165, 1.54) is 0 Å². The zero-order chi connectivity index (χ0) is 12.0. The van der Waals surface area contributed by atoms with Gasteiger partial charge in [0, 0.05) is 26.1 Å². The first kappa shape index (κ1) is 10.6. The van der Waals surface area contributed by atoms with Crippen molar-refractivity contribution < 1.29 is 9.32 Å². The molecule has 2 aliphatic rings. The van der Waals surface area contributed by atoms with E-state index in [1.807, 2.05) is 18.9 Å². The molecule has 0 N–H and O–H groups in total. The van der Waals surface area contributed by atoms with Crippen molar-refractivity contribution >= 4 is 11.7 Å². The number of hydrogen-bond acceptors (Lipinski definition) is 3. The predicted molar refractivity (Wildman–Crippen MR) is 63.2 cm³/mol. The second-order valence-electron chi connectivity index (χ2n) is 4.83. The minimum Gasteiger partial charge on any atom is -0.359 e. The van der Waals surface area contributed by atoms with E-state index in [1.54, 1.807) is 4.90 Å². The third-order valence-corrected chi connectivity index (χ3v) is 3.53. The molecule has 1 aromatic rings. The lowest BCUT2D eigenvalue weighted by Gasteiger charge is -2.16. The first-order valence-electron chi connectivity index (χ1n) is 6.23. The molecular formula is C12H17N3O2. The monoisotopic (exact) mass is 235 g/mol. The van der Waals surface area contributed by atoms with Crippen molar-refractivity contribution in [1.82, 2.24) is 10.1 Å². The van der Waals surface area contributed by atoms with E-state index in [0.717, 1.165) is 49.5 Å². The van der Waals surface area contributed by atoms with E-state index in [0.29, 0.717) is 5.92 Å². The molecule has 0 aromatic carbocycles. The van der Waals surface area contributed by atoms with Gasteiger partial charge in [-0.2, -0.15) is 0 Å². The van der Waals surface area contributed by atoms with Crippen LogP contribution in [0.2, 0.25) is 0 Å². The molecular weight excluding hydrogens is 218 g/mol. The molecule has 2 amide bonds. The lowest BCUT2D eigenvalue weighted by Crippen LogP contribution is -2.30. The van der Waals surface area contributed by atoms with Crippen LogP contribution in [0.15, 0.2) is 4.52 Å². The summed E-state index contributed by atoms with van der Waals surface area (Å²) in [4.78, 5) is 15.6. The summed E-state index contributed by atoms with van der Waals surface area (Å²) >= 11 is 0. The summed E-state index contributed by atoms with van der Waals surface area (Å²) in [6, 6.07) is 0.0600. The second kappa shape index (κ2) is 3.75. The number of aromatic nitrogens is 1. The molecule has 0 atom stereocenters. The van der Waals surface area contributed by atoms with Crippen molar-refractivity contribution in [2.75, 3.05) is 25.0 Å². The van der Waals surface area contributed by atoms with Gasteiger partial charge in [0.15, 0.2) is 5.76 Å². The fourth-order valence-corrected chi connectivity index (χ4v) is 2.32. The third-order valence-electron chi connectivity index (χ3n) is 3.53. The van der Waals surface area contributed by atoms with Crippen LogP contribution in [0.3, 0.4) is 0 Å². The molecule has 0 spiro atoms. The van der Waals surface area contributed by atoms with Gasteiger partial charge in [0.05, 0.1) is 0 Å². The smallest absolute Gasteiger partial charge is 0.324 e. The summed E-state index contributed by atoms with van der Waals surface area (Å²) in [5, 5.41) is 4.11. The van der Waals surface area contributed by atoms with Crippen LogP contribution in [-0.4, -0.2) is 36.2 Å². The molecule has 2 heterocycles. The highest BCUT2D eigenvalue weighted by molar-refractivity contribution is 5.95. The van der Waals surface area contributed by atoms with Crippen LogP contribution in [0, 0.1) is 0 Å². The Labute approximate surface area is 100 Å². The molecule has 0 unspecified atom stereocenters. The Morgan fingerprint density at radius 2 is 2.18 bits per heavy atom. The molecule has 3 rings (SSSR count). The summed E-state index contributed by atoms with van der Waals surface area (Å²) in [5.41, 5.74) is 1.86. The number of urea groups is 1. The van der Waals surface area contributed by atoms with Gasteiger partial charge in [0.2, 0.25) is 0 Å². The number of carbonyl (C=O) groups is 1. The summed E-state index contributed by atoms with van der Waals surface area (Å²) in [7, 11) is 1.83. The van der Waals surface area contributed by atoms with Crippen LogP contribution in [-0.2, 0) is 6.42 Å². The van der Waals surface area contributed by atoms with Gasteiger partial charge < -0.3 is 9.42 Å². The minimum absolute atomic E-state index is 0.0600. The maximum Gasteiger partial charge on any atom is 0.324 e. The normalized spacial score (nSPS) is 20.5. The summed E-state index contributed by atoms with van der Waals surface area (Å²) in [6.07, 6.45) is 3.12. The molecule has 1 saturated heterocycles. The van der Waals surface area contributed by atoms with Crippen LogP contribution >= 0.6 is 0 Å². The second-order valence-corrected chi connectivity index (χ2v) is 4.83. The Hall–Kier alpha value is -1.52. The number of rotatable bonds is 3. The number of carbonyl (C=O) groups excluding carboxylic acids is 1. The molecule has 1 aromatic heterocycles. The lowest BCUT2D eigenvalue weighted by molar-refractivity contribution is 0.229. The standard InChI is InChI=1S/C12H17N3O2/c1-3-9-10(11(17-13-9)8-4-5-8)15-7-6-14(2)12(15)16/h8H,3-7H2,1-2H3. The number of anilines is 1. The Morgan fingerprint density at radius 3 is 2.71 bits per heavy atom. The summed E-state index contributed by atoms with van der Waals surface area (Å²) in [5.74, 6) is 1.40. The van der Waals surface area contributed by atoms with Crippen LogP contribution in [0.1, 0.15) is 37.1 Å². The Bertz CT molecular complexity index is 451. The number of hydrogen-bond donors (Lipinski definition) is 0. The van der Waals surface area contributed by atoms with Crippen molar-refractivity contribution in [3.8, 4) is 0 Å². The zero-order valence-corrected chi connectivity index (χ0v) is 10.3. The Balaban J connectivity index is 2.00. The maximum atomic E-state index is 12.0. The van der Waals surface area contributed by atoms with E-state index in [4.69, 9.17) is 4.52 Å². The molecule has 2 fully saturated rings. The topological polar surface area (TPSA) is 49.6 Å². The molecule has 17 heavy (non-hydrogen) atoms. The molecule has 1 aliphatic carbocycles. The Kier molecular flexibility index (Phi) is 2.34. The van der Waals surface area contributed by atoms with Gasteiger partial charge in [0.1, 0.15) is 11.4 Å². The highest BCUT2D eigenvalue weighted by Gasteiger charge is 2.38. The highest BCUT2D eigenvalue weighted by atomic mass is 16.5. The van der Waals surface area contributed by atoms with Gasteiger partial charge in [0.25, 0.3) is 0 Å². The first-order valence-corrected chi connectivity index (χ1v) is 6.23. The van der Waals surface area contributed by atoms with Crippen LogP contribution < -0.4 is 4.90 Å². The van der Waals surface area contributed by atoms with E-state index < -0.39 is 0 Å². The van der Waals surface area contributed by atoms with Crippen molar-refractivity contribution in [2.45, 2.75) is 32.1 Å². The van der Waals surface area contributed by atoms with Crippen LogP contribution in [0.4, 0.5) is 10.5 Å².